The van der Waals surface area contributed by atoms with E-state index in [1.807, 2.05) is 44.2 Å². The van der Waals surface area contributed by atoms with Gasteiger partial charge in [0, 0.05) is 18.6 Å². The highest BCUT2D eigenvalue weighted by Crippen LogP contribution is 2.31. The molecule has 0 radical (unpaired) electrons. The number of methoxy groups -OCH3 is 1. The molecule has 0 fully saturated rings. The second-order valence-corrected chi connectivity index (χ2v) is 9.81. The zero-order valence-electron chi connectivity index (χ0n) is 19.6. The summed E-state index contributed by atoms with van der Waals surface area (Å²) in [6, 6.07) is 15.6. The van der Waals surface area contributed by atoms with E-state index >= 15 is 0 Å². The van der Waals surface area contributed by atoms with Crippen LogP contribution in [0.25, 0.3) is 0 Å². The topological polar surface area (TPSA) is 92.7 Å². The number of rotatable bonds is 11. The number of benzene rings is 2. The van der Waals surface area contributed by atoms with Crippen LogP contribution in [0.4, 0.5) is 0 Å². The first-order valence-electron chi connectivity index (χ1n) is 11.1. The Morgan fingerprint density at radius 2 is 1.64 bits per heavy atom. The highest BCUT2D eigenvalue weighted by atomic mass is 32.2. The molecule has 0 aliphatic rings. The van der Waals surface area contributed by atoms with Crippen molar-refractivity contribution in [3.8, 4) is 5.75 Å². The fourth-order valence-corrected chi connectivity index (χ4v) is 5.10. The summed E-state index contributed by atoms with van der Waals surface area (Å²) in [7, 11) is 1.28. The number of ether oxygens (including phenoxy) is 1. The Morgan fingerprint density at radius 1 is 1.00 bits per heavy atom. The van der Waals surface area contributed by atoms with Crippen LogP contribution >= 0.6 is 11.8 Å². The average molecular weight is 472 g/mol. The molecule has 0 aromatic heterocycles. The molecule has 2 aromatic carbocycles. The smallest absolute Gasteiger partial charge is 0.328 e. The van der Waals surface area contributed by atoms with E-state index in [-0.39, 0.29) is 34.4 Å². The predicted octanol–water partition coefficient (Wildman–Crippen LogP) is 4.15. The van der Waals surface area contributed by atoms with E-state index in [0.717, 1.165) is 17.5 Å². The number of nitrogens with one attached hydrogen (secondary N) is 1. The van der Waals surface area contributed by atoms with Crippen molar-refractivity contribution in [1.29, 1.82) is 0 Å². The number of hydrogen-bond acceptors (Lipinski definition) is 6. The number of aromatic hydroxyl groups is 1. The maximum Gasteiger partial charge on any atom is 0.328 e. The van der Waals surface area contributed by atoms with Gasteiger partial charge in [-0.1, -0.05) is 68.1 Å². The summed E-state index contributed by atoms with van der Waals surface area (Å²) in [4.78, 5) is 37.8. The molecule has 1 amide bonds. The van der Waals surface area contributed by atoms with Crippen LogP contribution in [-0.4, -0.2) is 40.5 Å². The van der Waals surface area contributed by atoms with E-state index in [1.165, 1.54) is 37.9 Å². The van der Waals surface area contributed by atoms with Crippen LogP contribution in [0.15, 0.2) is 54.6 Å². The molecular formula is C26H33NO5S. The largest absolute Gasteiger partial charge is 0.508 e. The summed E-state index contributed by atoms with van der Waals surface area (Å²) in [6.07, 6.45) is 1.64. The molecule has 3 atom stereocenters. The Balaban J connectivity index is 2.20. The summed E-state index contributed by atoms with van der Waals surface area (Å²) in [5.41, 5.74) is 1.93. The number of phenolic OH excluding ortho intramolecular Hbond substituents is 1. The van der Waals surface area contributed by atoms with E-state index in [1.54, 1.807) is 12.1 Å². The monoisotopic (exact) mass is 471 g/mol. The third-order valence-electron chi connectivity index (χ3n) is 5.48. The Bertz CT molecular complexity index is 914. The average Bonchev–Trinajstić information content (AvgIpc) is 2.78. The zero-order valence-corrected chi connectivity index (χ0v) is 20.4. The molecule has 0 bridgehead atoms. The fourth-order valence-electron chi connectivity index (χ4n) is 3.85. The van der Waals surface area contributed by atoms with Gasteiger partial charge >= 0.3 is 5.97 Å². The molecule has 0 aliphatic carbocycles. The van der Waals surface area contributed by atoms with E-state index in [4.69, 9.17) is 4.74 Å². The van der Waals surface area contributed by atoms with Crippen LogP contribution in [0, 0.1) is 11.8 Å². The SMILES string of the molecule is COC(=O)[C@H](Cc1ccc(O)cc1)NC(=O)C(C(C)C)C(CCc1ccccc1)SC(C)=O. The van der Waals surface area contributed by atoms with Crippen molar-refractivity contribution >= 4 is 28.8 Å². The maximum atomic E-state index is 13.4. The van der Waals surface area contributed by atoms with Crippen LogP contribution in [0.5, 0.6) is 5.75 Å². The second kappa shape index (κ2) is 13.0. The molecule has 7 heteroatoms. The van der Waals surface area contributed by atoms with Gasteiger partial charge in [0.05, 0.1) is 13.0 Å². The number of aryl methyl sites for hydroxylation is 1. The van der Waals surface area contributed by atoms with Gasteiger partial charge < -0.3 is 15.2 Å². The van der Waals surface area contributed by atoms with E-state index < -0.39 is 17.9 Å². The van der Waals surface area contributed by atoms with Crippen molar-refractivity contribution in [3.05, 3.63) is 65.7 Å². The van der Waals surface area contributed by atoms with Crippen LogP contribution in [-0.2, 0) is 32.0 Å². The summed E-state index contributed by atoms with van der Waals surface area (Å²) in [6.45, 7) is 5.42. The van der Waals surface area contributed by atoms with Gasteiger partial charge in [-0.2, -0.15) is 0 Å². The van der Waals surface area contributed by atoms with Crippen molar-refractivity contribution in [2.24, 2.45) is 11.8 Å². The number of carbonyl (C=O) groups excluding carboxylic acids is 3. The molecule has 6 nitrogen and oxygen atoms in total. The third-order valence-corrected chi connectivity index (χ3v) is 6.64. The van der Waals surface area contributed by atoms with Gasteiger partial charge in [-0.05, 0) is 42.0 Å². The van der Waals surface area contributed by atoms with E-state index in [2.05, 4.69) is 5.32 Å². The van der Waals surface area contributed by atoms with Gasteiger partial charge in [-0.25, -0.2) is 4.79 Å². The summed E-state index contributed by atoms with van der Waals surface area (Å²) >= 11 is 1.19. The summed E-state index contributed by atoms with van der Waals surface area (Å²) < 4.78 is 4.92. The first-order chi connectivity index (χ1) is 15.7. The van der Waals surface area contributed by atoms with Crippen molar-refractivity contribution in [2.75, 3.05) is 7.11 Å². The minimum atomic E-state index is -0.870. The number of esters is 1. The van der Waals surface area contributed by atoms with Crippen LogP contribution in [0.3, 0.4) is 0 Å². The van der Waals surface area contributed by atoms with Crippen molar-refractivity contribution < 1.29 is 24.2 Å². The summed E-state index contributed by atoms with van der Waals surface area (Å²) in [5.74, 6) is -1.19. The quantitative estimate of drug-likeness (QED) is 0.479. The van der Waals surface area contributed by atoms with E-state index in [0.29, 0.717) is 6.42 Å². The van der Waals surface area contributed by atoms with Crippen molar-refractivity contribution in [2.45, 2.75) is 51.3 Å². The third kappa shape index (κ3) is 8.57. The molecule has 0 saturated heterocycles. The lowest BCUT2D eigenvalue weighted by Crippen LogP contribution is -2.48. The predicted molar refractivity (Wildman–Crippen MR) is 131 cm³/mol. The normalized spacial score (nSPS) is 13.7. The Kier molecular flexibility index (Phi) is 10.5. The lowest BCUT2D eigenvalue weighted by Gasteiger charge is -2.30. The molecular weight excluding hydrogens is 438 g/mol. The molecule has 0 saturated carbocycles. The first-order valence-corrected chi connectivity index (χ1v) is 12.0. The summed E-state index contributed by atoms with van der Waals surface area (Å²) in [5, 5.41) is 12.1. The van der Waals surface area contributed by atoms with Crippen LogP contribution in [0.2, 0.25) is 0 Å². The molecule has 178 valence electrons. The lowest BCUT2D eigenvalue weighted by molar-refractivity contribution is -0.145. The molecule has 2 aromatic rings. The molecule has 2 N–H and O–H groups in total. The molecule has 2 unspecified atom stereocenters. The minimum Gasteiger partial charge on any atom is -0.508 e. The van der Waals surface area contributed by atoms with Gasteiger partial charge in [0.25, 0.3) is 0 Å². The standard InChI is InChI=1S/C26H33NO5S/c1-17(2)24(23(33-18(3)28)15-12-19-8-6-5-7-9-19)25(30)27-22(26(31)32-4)16-20-10-13-21(29)14-11-20/h5-11,13-14,17,22-24,29H,12,15-16H2,1-4H3,(H,27,30)/t22-,23?,24?/m0/s1. The number of thioether (sulfide) groups is 1. The number of phenols is 1. The van der Waals surface area contributed by atoms with Crippen LogP contribution < -0.4 is 5.32 Å². The maximum absolute atomic E-state index is 13.4. The fraction of sp³-hybridized carbons (Fsp3) is 0.423. The van der Waals surface area contributed by atoms with E-state index in [9.17, 15) is 19.5 Å². The Labute approximate surface area is 200 Å². The number of carbonyl (C=O) groups is 3. The molecule has 0 heterocycles. The first kappa shape index (κ1) is 26.5. The molecule has 33 heavy (non-hydrogen) atoms. The van der Waals surface area contributed by atoms with Gasteiger partial charge in [0.2, 0.25) is 5.91 Å². The molecule has 0 aliphatic heterocycles. The van der Waals surface area contributed by atoms with Crippen molar-refractivity contribution in [1.82, 2.24) is 5.32 Å². The molecule has 0 spiro atoms. The highest BCUT2D eigenvalue weighted by molar-refractivity contribution is 8.14. The van der Waals surface area contributed by atoms with Gasteiger partial charge in [-0.3, -0.25) is 9.59 Å². The van der Waals surface area contributed by atoms with Gasteiger partial charge in [-0.15, -0.1) is 0 Å². The second-order valence-electron chi connectivity index (χ2n) is 8.40. The van der Waals surface area contributed by atoms with Crippen molar-refractivity contribution in [3.63, 3.8) is 0 Å². The molecule has 2 rings (SSSR count). The Morgan fingerprint density at radius 3 is 2.18 bits per heavy atom. The number of hydrogen-bond donors (Lipinski definition) is 2. The highest BCUT2D eigenvalue weighted by Gasteiger charge is 2.35. The van der Waals surface area contributed by atoms with Gasteiger partial charge in [0.1, 0.15) is 11.8 Å². The van der Waals surface area contributed by atoms with Crippen LogP contribution in [0.1, 0.15) is 38.3 Å². The number of amides is 1. The Hall–Kier alpha value is -2.80. The minimum absolute atomic E-state index is 0.0374. The lowest BCUT2D eigenvalue weighted by atomic mass is 9.88. The van der Waals surface area contributed by atoms with Gasteiger partial charge in [0.15, 0.2) is 5.12 Å². The zero-order chi connectivity index (χ0) is 24.4.